The summed E-state index contributed by atoms with van der Waals surface area (Å²) in [6.45, 7) is 3.03. The molecule has 2 atom stereocenters. The van der Waals surface area contributed by atoms with Crippen LogP contribution in [0.25, 0.3) is 5.69 Å². The number of hydrogen-bond donors (Lipinski definition) is 3. The van der Waals surface area contributed by atoms with Crippen LogP contribution in [-0.4, -0.2) is 110 Å². The Kier molecular flexibility index (Phi) is 7.96. The molecule has 0 aliphatic carbocycles. The lowest BCUT2D eigenvalue weighted by Crippen LogP contribution is -2.61. The van der Waals surface area contributed by atoms with E-state index in [0.717, 1.165) is 18.6 Å². The third-order valence-corrected chi connectivity index (χ3v) is 7.30. The summed E-state index contributed by atoms with van der Waals surface area (Å²) in [5.41, 5.74) is 2.11. The summed E-state index contributed by atoms with van der Waals surface area (Å²) in [5.74, 6) is -3.96. The van der Waals surface area contributed by atoms with E-state index in [-0.39, 0.29) is 35.9 Å². The molecule has 5 heterocycles. The first-order valence-electron chi connectivity index (χ1n) is 13.0. The Balaban J connectivity index is 0.000000451. The molecule has 0 radical (unpaired) electrons. The number of fused-ring (bicyclic) bond motifs is 1. The first kappa shape index (κ1) is 29.1. The molecule has 14 nitrogen and oxygen atoms in total. The number of nitrogens with zero attached hydrogens (tertiary/aromatic N) is 5. The van der Waals surface area contributed by atoms with Gasteiger partial charge in [-0.25, -0.2) is 9.48 Å². The van der Waals surface area contributed by atoms with Gasteiger partial charge in [0.15, 0.2) is 5.69 Å². The number of likely N-dealkylation sites (tertiary alicyclic amines) is 1. The minimum atomic E-state index is -5.08. The Labute approximate surface area is 235 Å². The number of amides is 4. The normalized spacial score (nSPS) is 22.3. The minimum absolute atomic E-state index is 0.182. The van der Waals surface area contributed by atoms with Crippen molar-refractivity contribution in [3.8, 4) is 5.69 Å². The van der Waals surface area contributed by atoms with Crippen LogP contribution in [0.1, 0.15) is 45.7 Å². The van der Waals surface area contributed by atoms with Crippen molar-refractivity contribution in [3.05, 3.63) is 41.2 Å². The molecule has 3 N–H and O–H groups in total. The Hall–Kier alpha value is -4.38. The average Bonchev–Trinajstić information content (AvgIpc) is 3.67. The molecule has 1 aromatic heterocycles. The van der Waals surface area contributed by atoms with Crippen molar-refractivity contribution in [3.63, 3.8) is 0 Å². The summed E-state index contributed by atoms with van der Waals surface area (Å²) in [4.78, 5) is 61.7. The summed E-state index contributed by atoms with van der Waals surface area (Å²) < 4.78 is 38.6. The zero-order valence-electron chi connectivity index (χ0n) is 22.0. The Morgan fingerprint density at radius 2 is 1.86 bits per heavy atom. The molecule has 4 aliphatic heterocycles. The fraction of sp³-hybridized carbons (Fsp3) is 0.480. The number of alkyl halides is 3. The number of ether oxygens (including phenoxy) is 1. The highest BCUT2D eigenvalue weighted by Gasteiger charge is 2.40. The number of aromatic nitrogens is 3. The molecule has 3 fully saturated rings. The van der Waals surface area contributed by atoms with Gasteiger partial charge >= 0.3 is 12.1 Å². The number of rotatable bonds is 5. The highest BCUT2D eigenvalue weighted by Crippen LogP contribution is 2.29. The third kappa shape index (κ3) is 6.11. The number of hydrogen-bond acceptors (Lipinski definition) is 9. The second-order valence-corrected chi connectivity index (χ2v) is 10.2. The topological polar surface area (TPSA) is 176 Å². The number of carbonyl (C=O) groups excluding carboxylic acids is 4. The van der Waals surface area contributed by atoms with Crippen LogP contribution in [-0.2, 0) is 25.7 Å². The number of nitrogens with one attached hydrogen (secondary N) is 2. The van der Waals surface area contributed by atoms with Gasteiger partial charge in [-0.1, -0.05) is 11.3 Å². The number of carbonyl (C=O) groups is 5. The molecule has 0 bridgehead atoms. The molecule has 3 saturated heterocycles. The lowest BCUT2D eigenvalue weighted by atomic mass is 10.0. The molecule has 1 aromatic carbocycles. The van der Waals surface area contributed by atoms with Crippen LogP contribution in [0.2, 0.25) is 0 Å². The zero-order chi connectivity index (χ0) is 30.2. The van der Waals surface area contributed by atoms with Gasteiger partial charge in [0, 0.05) is 50.3 Å². The molecule has 6 rings (SSSR count). The number of piperidine rings is 1. The van der Waals surface area contributed by atoms with Gasteiger partial charge in [0.05, 0.1) is 18.5 Å². The molecule has 2 aromatic rings. The van der Waals surface area contributed by atoms with Gasteiger partial charge in [-0.05, 0) is 30.5 Å². The van der Waals surface area contributed by atoms with Crippen molar-refractivity contribution in [2.75, 3.05) is 26.3 Å². The van der Waals surface area contributed by atoms with Crippen LogP contribution in [0.5, 0.6) is 0 Å². The number of carboxylic acids is 1. The molecular weight excluding hydrogens is 567 g/mol. The third-order valence-electron chi connectivity index (χ3n) is 7.30. The van der Waals surface area contributed by atoms with E-state index in [0.29, 0.717) is 50.0 Å². The molecule has 224 valence electrons. The largest absolute Gasteiger partial charge is 0.490 e. The molecular formula is C25H26F3N7O7. The van der Waals surface area contributed by atoms with Gasteiger partial charge < -0.3 is 25.0 Å². The maximum atomic E-state index is 13.1. The van der Waals surface area contributed by atoms with Gasteiger partial charge in [0.2, 0.25) is 11.8 Å². The summed E-state index contributed by atoms with van der Waals surface area (Å²) in [6, 6.07) is 5.26. The van der Waals surface area contributed by atoms with E-state index in [4.69, 9.17) is 14.6 Å². The van der Waals surface area contributed by atoms with E-state index in [1.165, 1.54) is 9.58 Å². The lowest BCUT2D eigenvalue weighted by Gasteiger charge is -2.40. The van der Waals surface area contributed by atoms with Gasteiger partial charge in [0.1, 0.15) is 6.04 Å². The SMILES string of the molecule is O=C(O)C(F)(F)F.O=C1CCC(N2Cc3ccc(-n4cc(C(=O)N5CC(NC6CCOC6)C5)nn4)cc3C2=O)C(=O)N1. The predicted octanol–water partition coefficient (Wildman–Crippen LogP) is -0.135. The van der Waals surface area contributed by atoms with Crippen molar-refractivity contribution < 1.29 is 47.0 Å². The van der Waals surface area contributed by atoms with Crippen LogP contribution >= 0.6 is 0 Å². The second-order valence-electron chi connectivity index (χ2n) is 10.2. The van der Waals surface area contributed by atoms with Crippen LogP contribution in [0.15, 0.2) is 24.4 Å². The van der Waals surface area contributed by atoms with Crippen LogP contribution < -0.4 is 10.6 Å². The Morgan fingerprint density at radius 3 is 2.50 bits per heavy atom. The summed E-state index contributed by atoms with van der Waals surface area (Å²) in [6.07, 6.45) is -2.01. The molecule has 42 heavy (non-hydrogen) atoms. The maximum Gasteiger partial charge on any atom is 0.490 e. The minimum Gasteiger partial charge on any atom is -0.475 e. The number of carboxylic acid groups (broad SMARTS) is 1. The van der Waals surface area contributed by atoms with Gasteiger partial charge in [-0.3, -0.25) is 24.5 Å². The van der Waals surface area contributed by atoms with Gasteiger partial charge in [-0.2, -0.15) is 13.2 Å². The van der Waals surface area contributed by atoms with E-state index < -0.39 is 24.1 Å². The predicted molar refractivity (Wildman–Crippen MR) is 133 cm³/mol. The molecule has 0 saturated carbocycles. The Bertz CT molecular complexity index is 1420. The number of benzene rings is 1. The smallest absolute Gasteiger partial charge is 0.475 e. The van der Waals surface area contributed by atoms with E-state index in [1.807, 2.05) is 6.07 Å². The lowest BCUT2D eigenvalue weighted by molar-refractivity contribution is -0.192. The second kappa shape index (κ2) is 11.5. The van der Waals surface area contributed by atoms with Gasteiger partial charge in [-0.15, -0.1) is 5.10 Å². The van der Waals surface area contributed by atoms with Crippen molar-refractivity contribution in [1.82, 2.24) is 35.4 Å². The quantitative estimate of drug-likeness (QED) is 0.396. The zero-order valence-corrected chi connectivity index (χ0v) is 22.0. The molecule has 4 aliphatic rings. The average molecular weight is 594 g/mol. The standard InChI is InChI=1S/C23H25N7O5.C2HF3O2/c31-20-4-3-19(21(32)25-20)29-8-13-1-2-16(7-17(13)22(29)33)30-11-18(26-27-30)23(34)28-9-15(10-28)24-14-5-6-35-12-14;3-2(4,5)1(6)7/h1-2,7,11,14-15,19,24H,3-6,8-10,12H2,(H,25,31,32);(H,6,7). The fourth-order valence-corrected chi connectivity index (χ4v) is 5.08. The van der Waals surface area contributed by atoms with Crippen molar-refractivity contribution in [1.29, 1.82) is 0 Å². The number of imide groups is 1. The van der Waals surface area contributed by atoms with Crippen LogP contribution in [0.3, 0.4) is 0 Å². The summed E-state index contributed by atoms with van der Waals surface area (Å²) in [5, 5.41) is 21.1. The van der Waals surface area contributed by atoms with Crippen molar-refractivity contribution >= 4 is 29.6 Å². The first-order chi connectivity index (χ1) is 19.9. The summed E-state index contributed by atoms with van der Waals surface area (Å²) >= 11 is 0. The highest BCUT2D eigenvalue weighted by atomic mass is 19.4. The molecule has 4 amide bonds. The van der Waals surface area contributed by atoms with Crippen molar-refractivity contribution in [2.24, 2.45) is 0 Å². The van der Waals surface area contributed by atoms with E-state index >= 15 is 0 Å². The van der Waals surface area contributed by atoms with E-state index in [1.54, 1.807) is 23.2 Å². The Morgan fingerprint density at radius 1 is 1.12 bits per heavy atom. The number of aliphatic carboxylic acids is 1. The van der Waals surface area contributed by atoms with Crippen molar-refractivity contribution in [2.45, 2.75) is 50.1 Å². The van der Waals surface area contributed by atoms with E-state index in [9.17, 15) is 32.3 Å². The van der Waals surface area contributed by atoms with Crippen LogP contribution in [0.4, 0.5) is 13.2 Å². The fourth-order valence-electron chi connectivity index (χ4n) is 5.08. The van der Waals surface area contributed by atoms with Gasteiger partial charge in [0.25, 0.3) is 11.8 Å². The molecule has 2 unspecified atom stereocenters. The number of halogens is 3. The molecule has 17 heteroatoms. The maximum absolute atomic E-state index is 13.1. The van der Waals surface area contributed by atoms with E-state index in [2.05, 4.69) is 20.9 Å². The monoisotopic (exact) mass is 593 g/mol. The highest BCUT2D eigenvalue weighted by molar-refractivity contribution is 6.05. The van der Waals surface area contributed by atoms with Crippen LogP contribution in [0, 0.1) is 0 Å². The molecule has 0 spiro atoms. The summed E-state index contributed by atoms with van der Waals surface area (Å²) in [7, 11) is 0. The first-order valence-corrected chi connectivity index (χ1v) is 13.0.